The third-order valence-electron chi connectivity index (χ3n) is 2.53. The van der Waals surface area contributed by atoms with Crippen LogP contribution in [0.1, 0.15) is 13.8 Å². The largest absolute Gasteiger partial charge is 0.394 e. The van der Waals surface area contributed by atoms with Crippen molar-refractivity contribution in [2.75, 3.05) is 12.4 Å². The first-order valence-electron chi connectivity index (χ1n) is 5.81. The van der Waals surface area contributed by atoms with Crippen molar-refractivity contribution < 1.29 is 9.90 Å². The number of carbonyl (C=O) groups is 1. The van der Waals surface area contributed by atoms with Crippen molar-refractivity contribution in [3.05, 3.63) is 28.7 Å². The molecule has 1 aromatic rings. The van der Waals surface area contributed by atoms with Gasteiger partial charge in [-0.05, 0) is 30.2 Å². The number of halogens is 1. The smallest absolute Gasteiger partial charge is 0.230 e. The van der Waals surface area contributed by atoms with Gasteiger partial charge >= 0.3 is 0 Å². The molecule has 2 N–H and O–H groups in total. The summed E-state index contributed by atoms with van der Waals surface area (Å²) >= 11 is 4.85. The van der Waals surface area contributed by atoms with Gasteiger partial charge in [-0.3, -0.25) is 4.79 Å². The van der Waals surface area contributed by atoms with Crippen molar-refractivity contribution >= 4 is 33.6 Å². The highest BCUT2D eigenvalue weighted by Gasteiger charge is 2.14. The van der Waals surface area contributed by atoms with Gasteiger partial charge in [0, 0.05) is 9.37 Å². The van der Waals surface area contributed by atoms with Crippen LogP contribution in [0.3, 0.4) is 0 Å². The van der Waals surface area contributed by atoms with Gasteiger partial charge in [0.05, 0.1) is 18.4 Å². The molecular weight excluding hydrogens is 314 g/mol. The van der Waals surface area contributed by atoms with Crippen LogP contribution in [0.15, 0.2) is 33.6 Å². The summed E-state index contributed by atoms with van der Waals surface area (Å²) in [5, 5.41) is 12.0. The molecule has 5 heteroatoms. The maximum Gasteiger partial charge on any atom is 0.230 e. The lowest BCUT2D eigenvalue weighted by molar-refractivity contribution is -0.119. The van der Waals surface area contributed by atoms with Crippen molar-refractivity contribution in [3.63, 3.8) is 0 Å². The van der Waals surface area contributed by atoms with Gasteiger partial charge in [0.15, 0.2) is 0 Å². The predicted molar refractivity (Wildman–Crippen MR) is 78.7 cm³/mol. The van der Waals surface area contributed by atoms with Crippen molar-refractivity contribution in [2.24, 2.45) is 5.92 Å². The number of nitrogens with one attached hydrogen (secondary N) is 1. The van der Waals surface area contributed by atoms with Crippen molar-refractivity contribution in [1.29, 1.82) is 0 Å². The Morgan fingerprint density at radius 2 is 2.00 bits per heavy atom. The number of aliphatic hydroxyl groups is 1. The minimum Gasteiger partial charge on any atom is -0.394 e. The van der Waals surface area contributed by atoms with E-state index in [0.29, 0.717) is 5.75 Å². The van der Waals surface area contributed by atoms with Crippen LogP contribution in [0.5, 0.6) is 0 Å². The van der Waals surface area contributed by atoms with Crippen LogP contribution in [0, 0.1) is 5.92 Å². The Balaban J connectivity index is 2.39. The van der Waals surface area contributed by atoms with E-state index in [-0.39, 0.29) is 24.5 Å². The summed E-state index contributed by atoms with van der Waals surface area (Å²) < 4.78 is 1.02. The van der Waals surface area contributed by atoms with Gasteiger partial charge in [-0.2, -0.15) is 0 Å². The summed E-state index contributed by atoms with van der Waals surface area (Å²) in [6.45, 7) is 3.93. The highest BCUT2D eigenvalue weighted by Crippen LogP contribution is 2.20. The van der Waals surface area contributed by atoms with Crippen LogP contribution in [0.4, 0.5) is 0 Å². The minimum atomic E-state index is -0.164. The van der Waals surface area contributed by atoms with Crippen LogP contribution in [0.25, 0.3) is 0 Å². The van der Waals surface area contributed by atoms with Crippen LogP contribution in [-0.4, -0.2) is 29.4 Å². The van der Waals surface area contributed by atoms with Gasteiger partial charge in [0.1, 0.15) is 0 Å². The summed E-state index contributed by atoms with van der Waals surface area (Å²) in [5.41, 5.74) is 0. The monoisotopic (exact) mass is 331 g/mol. The number of carbonyl (C=O) groups excluding carboxylic acids is 1. The molecule has 100 valence electrons. The molecule has 0 aliphatic carbocycles. The van der Waals surface area contributed by atoms with E-state index in [9.17, 15) is 4.79 Å². The maximum absolute atomic E-state index is 11.7. The van der Waals surface area contributed by atoms with E-state index >= 15 is 0 Å². The standard InChI is InChI=1S/C13H18BrNO2S/c1-9(2)12(7-16)15-13(17)8-18-11-5-3-10(14)4-6-11/h3-6,9,12,16H,7-8H2,1-2H3,(H,15,17)/t12-/m1/s1. The Hall–Kier alpha value is -0.520. The number of rotatable bonds is 6. The molecule has 0 aromatic heterocycles. The first-order chi connectivity index (χ1) is 8.52. The molecule has 0 radical (unpaired) electrons. The molecule has 0 aliphatic rings. The van der Waals surface area contributed by atoms with E-state index in [0.717, 1.165) is 9.37 Å². The molecule has 0 bridgehead atoms. The van der Waals surface area contributed by atoms with E-state index in [1.54, 1.807) is 0 Å². The van der Waals surface area contributed by atoms with Crippen LogP contribution < -0.4 is 5.32 Å². The summed E-state index contributed by atoms with van der Waals surface area (Å²) in [6.07, 6.45) is 0. The molecule has 3 nitrogen and oxygen atoms in total. The van der Waals surface area contributed by atoms with Crippen molar-refractivity contribution in [3.8, 4) is 0 Å². The molecule has 1 amide bonds. The van der Waals surface area contributed by atoms with Crippen molar-refractivity contribution in [2.45, 2.75) is 24.8 Å². The van der Waals surface area contributed by atoms with E-state index in [1.165, 1.54) is 11.8 Å². The van der Waals surface area contributed by atoms with Crippen LogP contribution in [-0.2, 0) is 4.79 Å². The Morgan fingerprint density at radius 1 is 1.39 bits per heavy atom. The second-order valence-corrected chi connectivity index (χ2v) is 6.31. The maximum atomic E-state index is 11.7. The lowest BCUT2D eigenvalue weighted by Gasteiger charge is -2.19. The summed E-state index contributed by atoms with van der Waals surface area (Å²) in [4.78, 5) is 12.8. The first kappa shape index (κ1) is 15.5. The average Bonchev–Trinajstić information content (AvgIpc) is 2.35. The zero-order chi connectivity index (χ0) is 13.5. The molecule has 0 saturated heterocycles. The highest BCUT2D eigenvalue weighted by atomic mass is 79.9. The van der Waals surface area contributed by atoms with Crippen molar-refractivity contribution in [1.82, 2.24) is 5.32 Å². The highest BCUT2D eigenvalue weighted by molar-refractivity contribution is 9.10. The molecular formula is C13H18BrNO2S. The van der Waals surface area contributed by atoms with E-state index in [2.05, 4.69) is 21.2 Å². The zero-order valence-electron chi connectivity index (χ0n) is 10.5. The third-order valence-corrected chi connectivity index (χ3v) is 4.07. The van der Waals surface area contributed by atoms with Gasteiger partial charge in [-0.1, -0.05) is 29.8 Å². The summed E-state index contributed by atoms with van der Waals surface area (Å²) in [5.74, 6) is 0.553. The molecule has 18 heavy (non-hydrogen) atoms. The number of hydrogen-bond acceptors (Lipinski definition) is 3. The second-order valence-electron chi connectivity index (χ2n) is 4.34. The Bertz CT molecular complexity index is 381. The normalized spacial score (nSPS) is 12.5. The molecule has 0 saturated carbocycles. The topological polar surface area (TPSA) is 49.3 Å². The molecule has 1 aromatic carbocycles. The van der Waals surface area contributed by atoms with Gasteiger partial charge in [-0.15, -0.1) is 11.8 Å². The Morgan fingerprint density at radius 3 is 2.50 bits per heavy atom. The molecule has 1 rings (SSSR count). The Labute approximate surface area is 120 Å². The van der Waals surface area contributed by atoms with E-state index in [4.69, 9.17) is 5.11 Å². The fraction of sp³-hybridized carbons (Fsp3) is 0.462. The molecule has 0 unspecified atom stereocenters. The summed E-state index contributed by atoms with van der Waals surface area (Å²) in [6, 6.07) is 7.67. The van der Waals surface area contributed by atoms with Gasteiger partial charge < -0.3 is 10.4 Å². The predicted octanol–water partition coefficient (Wildman–Crippen LogP) is 2.67. The van der Waals surface area contributed by atoms with Crippen LogP contribution >= 0.6 is 27.7 Å². The fourth-order valence-electron chi connectivity index (χ4n) is 1.35. The first-order valence-corrected chi connectivity index (χ1v) is 7.59. The molecule has 0 aliphatic heterocycles. The van der Waals surface area contributed by atoms with Gasteiger partial charge in [0.2, 0.25) is 5.91 Å². The molecule has 0 fully saturated rings. The second kappa shape index (κ2) is 7.81. The number of amides is 1. The van der Waals surface area contributed by atoms with Gasteiger partial charge in [0.25, 0.3) is 0 Å². The Kier molecular flexibility index (Phi) is 6.75. The number of benzene rings is 1. The lowest BCUT2D eigenvalue weighted by atomic mass is 10.1. The van der Waals surface area contributed by atoms with E-state index in [1.807, 2.05) is 38.1 Å². The van der Waals surface area contributed by atoms with E-state index < -0.39 is 0 Å². The fourth-order valence-corrected chi connectivity index (χ4v) is 2.33. The zero-order valence-corrected chi connectivity index (χ0v) is 12.9. The molecule has 1 atom stereocenters. The quantitative estimate of drug-likeness (QED) is 0.788. The summed E-state index contributed by atoms with van der Waals surface area (Å²) in [7, 11) is 0. The number of hydrogen-bond donors (Lipinski definition) is 2. The third kappa shape index (κ3) is 5.42. The molecule has 0 heterocycles. The number of thioether (sulfide) groups is 1. The van der Waals surface area contributed by atoms with Gasteiger partial charge in [-0.25, -0.2) is 0 Å². The number of aliphatic hydroxyl groups excluding tert-OH is 1. The SMILES string of the molecule is CC(C)[C@@H](CO)NC(=O)CSc1ccc(Br)cc1. The molecule has 0 spiro atoms. The average molecular weight is 332 g/mol. The minimum absolute atomic E-state index is 0.0215. The lowest BCUT2D eigenvalue weighted by Crippen LogP contribution is -2.41. The van der Waals surface area contributed by atoms with Crippen LogP contribution in [0.2, 0.25) is 0 Å².